The molecule has 2 aromatic heterocycles. The van der Waals surface area contributed by atoms with Gasteiger partial charge in [-0.2, -0.15) is 0 Å². The summed E-state index contributed by atoms with van der Waals surface area (Å²) in [6.07, 6.45) is 0. The lowest BCUT2D eigenvalue weighted by Gasteiger charge is -2.09. The number of aromatic nitrogens is 4. The summed E-state index contributed by atoms with van der Waals surface area (Å²) in [5, 5.41) is 12.7. The first-order valence-corrected chi connectivity index (χ1v) is 12.4. The van der Waals surface area contributed by atoms with Crippen LogP contribution in [0.1, 0.15) is 23.2 Å². The van der Waals surface area contributed by atoms with Gasteiger partial charge in [0.15, 0.2) is 16.1 Å². The molecule has 0 aliphatic carbocycles. The van der Waals surface area contributed by atoms with Gasteiger partial charge < -0.3 is 14.6 Å². The maximum Gasteiger partial charge on any atom is 0.236 e. The number of amides is 1. The zero-order valence-corrected chi connectivity index (χ0v) is 20.4. The van der Waals surface area contributed by atoms with E-state index in [0.29, 0.717) is 23.4 Å². The number of carbonyl (C=O) groups is 1. The Labute approximate surface area is 201 Å². The molecule has 2 heterocycles. The number of nitrogens with one attached hydrogen (secondary N) is 1. The third-order valence-corrected chi connectivity index (χ3v) is 6.77. The average Bonchev–Trinajstić information content (AvgIpc) is 3.40. The maximum atomic E-state index is 12.5. The fraction of sp³-hybridized carbons (Fsp3) is 0.250. The van der Waals surface area contributed by atoms with Crippen molar-refractivity contribution in [3.63, 3.8) is 0 Å². The number of hydrogen-bond donors (Lipinski definition) is 1. The van der Waals surface area contributed by atoms with Crippen molar-refractivity contribution in [3.8, 4) is 17.0 Å². The summed E-state index contributed by atoms with van der Waals surface area (Å²) < 4.78 is 7.80. The number of aryl methyl sites for hydroxylation is 2. The van der Waals surface area contributed by atoms with Crippen LogP contribution in [0, 0.1) is 13.8 Å². The largest absolute Gasteiger partial charge is 0.486 e. The van der Waals surface area contributed by atoms with Crippen molar-refractivity contribution in [2.24, 2.45) is 0 Å². The van der Waals surface area contributed by atoms with Gasteiger partial charge in [-0.15, -0.1) is 21.5 Å². The number of rotatable bonds is 9. The summed E-state index contributed by atoms with van der Waals surface area (Å²) in [5.74, 6) is 1.60. The fourth-order valence-electron chi connectivity index (χ4n) is 3.23. The first kappa shape index (κ1) is 23.0. The summed E-state index contributed by atoms with van der Waals surface area (Å²) >= 11 is 2.82. The molecular formula is C24H25N5O2S2. The van der Waals surface area contributed by atoms with Crippen LogP contribution in [0.4, 0.5) is 5.13 Å². The Morgan fingerprint density at radius 2 is 1.85 bits per heavy atom. The van der Waals surface area contributed by atoms with Gasteiger partial charge in [-0.05, 0) is 32.9 Å². The van der Waals surface area contributed by atoms with E-state index in [1.54, 1.807) is 0 Å². The second-order valence-corrected chi connectivity index (χ2v) is 9.52. The Hall–Kier alpha value is -3.17. The highest BCUT2D eigenvalue weighted by Crippen LogP contribution is 2.30. The topological polar surface area (TPSA) is 81.9 Å². The number of ether oxygens (including phenoxy) is 1. The molecule has 0 saturated heterocycles. The van der Waals surface area contributed by atoms with Gasteiger partial charge in [-0.25, -0.2) is 4.98 Å². The third kappa shape index (κ3) is 5.80. The molecular weight excluding hydrogens is 454 g/mol. The van der Waals surface area contributed by atoms with E-state index in [1.165, 1.54) is 28.7 Å². The van der Waals surface area contributed by atoms with Gasteiger partial charge in [0.05, 0.1) is 11.4 Å². The molecule has 0 fully saturated rings. The van der Waals surface area contributed by atoms with Crippen LogP contribution in [0.2, 0.25) is 0 Å². The van der Waals surface area contributed by atoms with E-state index >= 15 is 0 Å². The first-order valence-electron chi connectivity index (χ1n) is 10.6. The Morgan fingerprint density at radius 1 is 1.09 bits per heavy atom. The van der Waals surface area contributed by atoms with Gasteiger partial charge in [0.2, 0.25) is 5.91 Å². The SMILES string of the molecule is CCn1c(COc2ccc(C)cc2)nnc1SCC(=O)Nc1nc(-c2ccccc2)c(C)s1. The molecule has 0 atom stereocenters. The highest BCUT2D eigenvalue weighted by molar-refractivity contribution is 7.99. The van der Waals surface area contributed by atoms with E-state index in [1.807, 2.05) is 79.9 Å². The van der Waals surface area contributed by atoms with Crippen molar-refractivity contribution in [2.45, 2.75) is 39.1 Å². The predicted molar refractivity (Wildman–Crippen MR) is 133 cm³/mol. The minimum absolute atomic E-state index is 0.128. The molecule has 1 N–H and O–H groups in total. The van der Waals surface area contributed by atoms with Gasteiger partial charge in [0.1, 0.15) is 12.4 Å². The van der Waals surface area contributed by atoms with Crippen LogP contribution in [-0.4, -0.2) is 31.4 Å². The molecule has 0 saturated carbocycles. The minimum Gasteiger partial charge on any atom is -0.486 e. The molecule has 0 radical (unpaired) electrons. The zero-order valence-electron chi connectivity index (χ0n) is 18.7. The van der Waals surface area contributed by atoms with Gasteiger partial charge >= 0.3 is 0 Å². The molecule has 0 unspecified atom stereocenters. The number of thiazole rings is 1. The Kier molecular flexibility index (Phi) is 7.41. The number of benzene rings is 2. The van der Waals surface area contributed by atoms with Crippen molar-refractivity contribution in [3.05, 3.63) is 70.9 Å². The maximum absolute atomic E-state index is 12.5. The van der Waals surface area contributed by atoms with Gasteiger partial charge in [-0.3, -0.25) is 4.79 Å². The van der Waals surface area contributed by atoms with E-state index in [2.05, 4.69) is 20.5 Å². The summed E-state index contributed by atoms with van der Waals surface area (Å²) in [4.78, 5) is 18.2. The Bertz CT molecular complexity index is 1220. The van der Waals surface area contributed by atoms with Crippen LogP contribution in [0.3, 0.4) is 0 Å². The van der Waals surface area contributed by atoms with Crippen molar-refractivity contribution >= 4 is 34.1 Å². The third-order valence-electron chi connectivity index (χ3n) is 4.92. The second-order valence-electron chi connectivity index (χ2n) is 7.37. The van der Waals surface area contributed by atoms with Crippen LogP contribution in [0.5, 0.6) is 5.75 Å². The number of carbonyl (C=O) groups excluding carboxylic acids is 1. The zero-order chi connectivity index (χ0) is 23.2. The smallest absolute Gasteiger partial charge is 0.236 e. The number of hydrogen-bond acceptors (Lipinski definition) is 7. The highest BCUT2D eigenvalue weighted by atomic mass is 32.2. The molecule has 33 heavy (non-hydrogen) atoms. The molecule has 4 rings (SSSR count). The number of thioether (sulfide) groups is 1. The molecule has 9 heteroatoms. The highest BCUT2D eigenvalue weighted by Gasteiger charge is 2.16. The second kappa shape index (κ2) is 10.6. The summed E-state index contributed by atoms with van der Waals surface area (Å²) in [7, 11) is 0. The Balaban J connectivity index is 1.34. The monoisotopic (exact) mass is 479 g/mol. The van der Waals surface area contributed by atoms with Gasteiger partial charge in [-0.1, -0.05) is 59.8 Å². The summed E-state index contributed by atoms with van der Waals surface area (Å²) in [6.45, 7) is 7.07. The molecule has 7 nitrogen and oxygen atoms in total. The summed E-state index contributed by atoms with van der Waals surface area (Å²) in [5.41, 5.74) is 3.12. The minimum atomic E-state index is -0.128. The molecule has 4 aromatic rings. The lowest BCUT2D eigenvalue weighted by Crippen LogP contribution is -2.14. The summed E-state index contributed by atoms with van der Waals surface area (Å²) in [6, 6.07) is 17.8. The van der Waals surface area contributed by atoms with E-state index in [0.717, 1.165) is 27.7 Å². The molecule has 0 aliphatic heterocycles. The quantitative estimate of drug-likeness (QED) is 0.326. The van der Waals surface area contributed by atoms with Crippen LogP contribution >= 0.6 is 23.1 Å². The molecule has 0 bridgehead atoms. The predicted octanol–water partition coefficient (Wildman–Crippen LogP) is 5.35. The standard InChI is InChI=1S/C24H25N5O2S2/c1-4-29-20(14-31-19-12-10-16(2)11-13-19)27-28-24(29)32-15-21(30)25-23-26-22(17(3)33-23)18-8-6-5-7-9-18/h5-13H,4,14-15H2,1-3H3,(H,25,26,30). The molecule has 0 aliphatic rings. The average molecular weight is 480 g/mol. The van der Waals surface area contributed by atoms with E-state index in [4.69, 9.17) is 4.74 Å². The van der Waals surface area contributed by atoms with Crippen molar-refractivity contribution in [1.29, 1.82) is 0 Å². The Morgan fingerprint density at radius 3 is 2.58 bits per heavy atom. The van der Waals surface area contributed by atoms with E-state index < -0.39 is 0 Å². The molecule has 0 spiro atoms. The fourth-order valence-corrected chi connectivity index (χ4v) is 4.90. The van der Waals surface area contributed by atoms with Crippen LogP contribution in [0.15, 0.2) is 59.8 Å². The van der Waals surface area contributed by atoms with Crippen molar-refractivity contribution < 1.29 is 9.53 Å². The van der Waals surface area contributed by atoms with Crippen molar-refractivity contribution in [2.75, 3.05) is 11.1 Å². The van der Waals surface area contributed by atoms with Gasteiger partial charge in [0.25, 0.3) is 0 Å². The van der Waals surface area contributed by atoms with Crippen LogP contribution < -0.4 is 10.1 Å². The lowest BCUT2D eigenvalue weighted by atomic mass is 10.1. The number of anilines is 1. The van der Waals surface area contributed by atoms with E-state index in [9.17, 15) is 4.79 Å². The first-order chi connectivity index (χ1) is 16.0. The lowest BCUT2D eigenvalue weighted by molar-refractivity contribution is -0.113. The molecule has 170 valence electrons. The van der Waals surface area contributed by atoms with E-state index in [-0.39, 0.29) is 11.7 Å². The number of nitrogens with zero attached hydrogens (tertiary/aromatic N) is 4. The van der Waals surface area contributed by atoms with Crippen LogP contribution in [0.25, 0.3) is 11.3 Å². The normalized spacial score (nSPS) is 10.9. The van der Waals surface area contributed by atoms with Gasteiger partial charge in [0, 0.05) is 17.0 Å². The molecule has 1 amide bonds. The molecule has 2 aromatic carbocycles. The van der Waals surface area contributed by atoms with Crippen LogP contribution in [-0.2, 0) is 17.9 Å². The van der Waals surface area contributed by atoms with Crippen molar-refractivity contribution in [1.82, 2.24) is 19.7 Å².